The summed E-state index contributed by atoms with van der Waals surface area (Å²) in [4.78, 5) is 30.6. The maximum absolute atomic E-state index is 15.2. The lowest BCUT2D eigenvalue weighted by Gasteiger charge is -2.29. The molecule has 1 aliphatic heterocycles. The highest BCUT2D eigenvalue weighted by Gasteiger charge is 2.33. The number of benzene rings is 2. The Morgan fingerprint density at radius 1 is 1.16 bits per heavy atom. The Bertz CT molecular complexity index is 1370. The Labute approximate surface area is 179 Å². The number of halogens is 1. The third-order valence-corrected chi connectivity index (χ3v) is 6.06. The molecule has 9 heteroatoms. The number of carboxylic acid groups (broad SMARTS) is 1. The molecule has 0 aliphatic carbocycles. The first-order valence-electron chi connectivity index (χ1n) is 9.23. The van der Waals surface area contributed by atoms with Crippen LogP contribution in [0.5, 0.6) is 11.5 Å². The Hall–Kier alpha value is -3.98. The second-order valence-electron chi connectivity index (χ2n) is 6.82. The summed E-state index contributed by atoms with van der Waals surface area (Å²) in [6, 6.07) is 12.9. The zero-order chi connectivity index (χ0) is 21.7. The molecule has 0 unspecified atom stereocenters. The number of hydrogen-bond acceptors (Lipinski definition) is 5. The summed E-state index contributed by atoms with van der Waals surface area (Å²) in [5.74, 6) is -1.22. The van der Waals surface area contributed by atoms with Crippen molar-refractivity contribution in [1.29, 1.82) is 0 Å². The number of carboxylic acids is 1. The number of anilines is 3. The molecule has 3 heterocycles. The average Bonchev–Trinajstić information content (AvgIpc) is 3.13. The van der Waals surface area contributed by atoms with E-state index in [1.165, 1.54) is 17.2 Å². The highest BCUT2D eigenvalue weighted by molar-refractivity contribution is 7.21. The van der Waals surface area contributed by atoms with Gasteiger partial charge in [-0.15, -0.1) is 11.3 Å². The van der Waals surface area contributed by atoms with Crippen molar-refractivity contribution in [3.8, 4) is 11.5 Å². The van der Waals surface area contributed by atoms with E-state index in [0.29, 0.717) is 27.3 Å². The number of hydrogen-bond donors (Lipinski definition) is 2. The SMILES string of the molecule is Cc1c(N2C(=O)Nc3c(C(=O)O)sc4nccc2c34)ccc(Oc2ccccc2)c1F. The summed E-state index contributed by atoms with van der Waals surface area (Å²) < 4.78 is 20.8. The van der Waals surface area contributed by atoms with Gasteiger partial charge in [0, 0.05) is 11.8 Å². The van der Waals surface area contributed by atoms with E-state index in [4.69, 9.17) is 4.74 Å². The quantitative estimate of drug-likeness (QED) is 0.415. The van der Waals surface area contributed by atoms with Crippen LogP contribution in [0.3, 0.4) is 0 Å². The summed E-state index contributed by atoms with van der Waals surface area (Å²) >= 11 is 0.975. The minimum atomic E-state index is -1.15. The number of pyridine rings is 1. The third kappa shape index (κ3) is 2.98. The molecule has 31 heavy (non-hydrogen) atoms. The summed E-state index contributed by atoms with van der Waals surface area (Å²) in [5.41, 5.74) is 1.17. The molecule has 154 valence electrons. The third-order valence-electron chi connectivity index (χ3n) is 4.97. The van der Waals surface area contributed by atoms with Gasteiger partial charge in [0.2, 0.25) is 0 Å². The number of aromatic carboxylic acids is 1. The zero-order valence-corrected chi connectivity index (χ0v) is 16.9. The lowest BCUT2D eigenvalue weighted by Crippen LogP contribution is -2.34. The van der Waals surface area contributed by atoms with Gasteiger partial charge in [-0.3, -0.25) is 4.90 Å². The van der Waals surface area contributed by atoms with Crippen molar-refractivity contribution in [1.82, 2.24) is 4.98 Å². The molecule has 0 bridgehead atoms. The lowest BCUT2D eigenvalue weighted by atomic mass is 10.1. The van der Waals surface area contributed by atoms with Crippen LogP contribution in [0, 0.1) is 12.7 Å². The van der Waals surface area contributed by atoms with Crippen molar-refractivity contribution in [3.05, 3.63) is 71.0 Å². The van der Waals surface area contributed by atoms with Gasteiger partial charge in [0.05, 0.1) is 22.4 Å². The molecule has 2 aromatic heterocycles. The van der Waals surface area contributed by atoms with Crippen molar-refractivity contribution in [2.45, 2.75) is 6.92 Å². The van der Waals surface area contributed by atoms with Crippen LogP contribution in [0.25, 0.3) is 10.2 Å². The first-order valence-corrected chi connectivity index (χ1v) is 10.0. The van der Waals surface area contributed by atoms with E-state index in [2.05, 4.69) is 10.3 Å². The molecule has 0 saturated heterocycles. The molecular weight excluding hydrogens is 421 g/mol. The number of para-hydroxylation sites is 1. The molecule has 0 radical (unpaired) electrons. The number of rotatable bonds is 4. The van der Waals surface area contributed by atoms with Crippen molar-refractivity contribution in [2.75, 3.05) is 10.2 Å². The van der Waals surface area contributed by atoms with Crippen molar-refractivity contribution >= 4 is 50.6 Å². The van der Waals surface area contributed by atoms with E-state index in [1.807, 2.05) is 6.07 Å². The highest BCUT2D eigenvalue weighted by atomic mass is 32.1. The monoisotopic (exact) mass is 435 g/mol. The predicted octanol–water partition coefficient (Wildman–Crippen LogP) is 5.92. The van der Waals surface area contributed by atoms with Gasteiger partial charge in [0.25, 0.3) is 0 Å². The maximum atomic E-state index is 15.2. The highest BCUT2D eigenvalue weighted by Crippen LogP contribution is 2.46. The van der Waals surface area contributed by atoms with Crippen LogP contribution in [0.15, 0.2) is 54.7 Å². The number of aromatic nitrogens is 1. The molecule has 7 nitrogen and oxygen atoms in total. The number of carbonyl (C=O) groups excluding carboxylic acids is 1. The molecule has 0 fully saturated rings. The number of nitrogens with one attached hydrogen (secondary N) is 1. The average molecular weight is 435 g/mol. The summed E-state index contributed by atoms with van der Waals surface area (Å²) in [5, 5.41) is 12.6. The fourth-order valence-corrected chi connectivity index (χ4v) is 4.52. The van der Waals surface area contributed by atoms with Crippen molar-refractivity contribution in [3.63, 3.8) is 0 Å². The van der Waals surface area contributed by atoms with Crippen LogP contribution in [-0.2, 0) is 0 Å². The van der Waals surface area contributed by atoms with E-state index < -0.39 is 17.8 Å². The first-order chi connectivity index (χ1) is 15.0. The smallest absolute Gasteiger partial charge is 0.348 e. The van der Waals surface area contributed by atoms with Gasteiger partial charge in [-0.25, -0.2) is 19.0 Å². The predicted molar refractivity (Wildman–Crippen MR) is 115 cm³/mol. The van der Waals surface area contributed by atoms with Gasteiger partial charge in [0.15, 0.2) is 11.6 Å². The number of urea groups is 1. The second-order valence-corrected chi connectivity index (χ2v) is 7.82. The van der Waals surface area contributed by atoms with E-state index >= 15 is 4.39 Å². The van der Waals surface area contributed by atoms with Gasteiger partial charge >= 0.3 is 12.0 Å². The number of amides is 2. The zero-order valence-electron chi connectivity index (χ0n) is 16.0. The van der Waals surface area contributed by atoms with Crippen molar-refractivity contribution in [2.24, 2.45) is 0 Å². The second kappa shape index (κ2) is 7.06. The van der Waals surface area contributed by atoms with Crippen LogP contribution in [0.4, 0.5) is 26.2 Å². The Balaban J connectivity index is 1.63. The molecule has 5 rings (SSSR count). The summed E-state index contributed by atoms with van der Waals surface area (Å²) in [6.45, 7) is 1.56. The van der Waals surface area contributed by atoms with E-state index in [0.717, 1.165) is 11.3 Å². The number of ether oxygens (including phenoxy) is 1. The Morgan fingerprint density at radius 2 is 1.94 bits per heavy atom. The van der Waals surface area contributed by atoms with Gasteiger partial charge in [-0.05, 0) is 37.3 Å². The normalized spacial score (nSPS) is 12.7. The largest absolute Gasteiger partial charge is 0.477 e. The lowest BCUT2D eigenvalue weighted by molar-refractivity contribution is 0.0703. The van der Waals surface area contributed by atoms with E-state index in [-0.39, 0.29) is 21.9 Å². The fraction of sp³-hybridized carbons (Fsp3) is 0.0455. The molecule has 0 atom stereocenters. The molecule has 0 saturated carbocycles. The Kier molecular flexibility index (Phi) is 4.33. The first kappa shape index (κ1) is 19.0. The fourth-order valence-electron chi connectivity index (χ4n) is 3.56. The molecule has 0 spiro atoms. The number of nitrogens with zero attached hydrogens (tertiary/aromatic N) is 2. The topological polar surface area (TPSA) is 91.8 Å². The van der Waals surface area contributed by atoms with E-state index in [1.54, 1.807) is 43.3 Å². The molecule has 2 N–H and O–H groups in total. The van der Waals surface area contributed by atoms with Gasteiger partial charge in [-0.2, -0.15) is 0 Å². The maximum Gasteiger partial charge on any atom is 0.348 e. The molecule has 2 aromatic carbocycles. The minimum Gasteiger partial charge on any atom is -0.477 e. The molecule has 4 aromatic rings. The van der Waals surface area contributed by atoms with Gasteiger partial charge in [-0.1, -0.05) is 18.2 Å². The van der Waals surface area contributed by atoms with Crippen LogP contribution in [-0.4, -0.2) is 22.1 Å². The van der Waals surface area contributed by atoms with E-state index in [9.17, 15) is 14.7 Å². The van der Waals surface area contributed by atoms with Crippen LogP contribution >= 0.6 is 11.3 Å². The molecule has 1 aliphatic rings. The summed E-state index contributed by atoms with van der Waals surface area (Å²) in [6.07, 6.45) is 1.49. The van der Waals surface area contributed by atoms with Crippen LogP contribution < -0.4 is 15.0 Å². The number of carbonyl (C=O) groups is 2. The van der Waals surface area contributed by atoms with Crippen molar-refractivity contribution < 1.29 is 23.8 Å². The van der Waals surface area contributed by atoms with Crippen LogP contribution in [0.2, 0.25) is 0 Å². The summed E-state index contributed by atoms with van der Waals surface area (Å²) in [7, 11) is 0. The van der Waals surface area contributed by atoms with Crippen LogP contribution in [0.1, 0.15) is 15.2 Å². The Morgan fingerprint density at radius 3 is 2.68 bits per heavy atom. The standard InChI is InChI=1S/C22H14FN3O4S/c1-11-13(7-8-15(17(11)23)30-12-5-3-2-4-6-12)26-14-9-10-24-20-16(14)18(25-22(26)29)19(31-20)21(27)28/h2-10H,1H3,(H,25,29)(H,27,28). The van der Waals surface area contributed by atoms with Gasteiger partial charge in [0.1, 0.15) is 15.5 Å². The number of thiophene rings is 1. The molecule has 2 amide bonds. The minimum absolute atomic E-state index is 0.00235. The van der Waals surface area contributed by atoms with Gasteiger partial charge < -0.3 is 15.2 Å². The molecular formula is C22H14FN3O4S.